The maximum Gasteiger partial charge on any atom is 0.298 e. The molecule has 3 aliphatic rings. The summed E-state index contributed by atoms with van der Waals surface area (Å²) in [6.45, 7) is 5.57. The lowest BCUT2D eigenvalue weighted by Gasteiger charge is -2.42. The van der Waals surface area contributed by atoms with E-state index in [1.54, 1.807) is 11.0 Å². The van der Waals surface area contributed by atoms with Gasteiger partial charge in [-0.3, -0.25) is 19.3 Å². The quantitative estimate of drug-likeness (QED) is 0.552. The van der Waals surface area contributed by atoms with E-state index in [1.165, 1.54) is 12.3 Å². The van der Waals surface area contributed by atoms with E-state index in [0.29, 0.717) is 45.4 Å². The highest BCUT2D eigenvalue weighted by Gasteiger charge is 2.35. The molecule has 0 radical (unpaired) electrons. The molecular formula is C21H29N3O5. The van der Waals surface area contributed by atoms with Gasteiger partial charge < -0.3 is 19.0 Å². The molecule has 1 aromatic rings. The van der Waals surface area contributed by atoms with Crippen LogP contribution in [0.3, 0.4) is 0 Å². The predicted octanol–water partition coefficient (Wildman–Crippen LogP) is 1.02. The monoisotopic (exact) mass is 403 g/mol. The van der Waals surface area contributed by atoms with Crippen LogP contribution in [0.1, 0.15) is 36.2 Å². The number of ketones is 1. The number of nitrogens with zero attached hydrogens (tertiary/aromatic N) is 3. The molecule has 0 bridgehead atoms. The van der Waals surface area contributed by atoms with E-state index in [1.807, 2.05) is 4.90 Å². The van der Waals surface area contributed by atoms with Gasteiger partial charge in [-0.15, -0.1) is 0 Å². The van der Waals surface area contributed by atoms with Crippen molar-refractivity contribution in [3.63, 3.8) is 0 Å². The zero-order valence-corrected chi connectivity index (χ0v) is 16.8. The number of ether oxygens (including phenoxy) is 1. The molecule has 3 fully saturated rings. The molecule has 0 aromatic carbocycles. The Labute approximate surface area is 170 Å². The number of rotatable bonds is 4. The van der Waals surface area contributed by atoms with Gasteiger partial charge in [0.15, 0.2) is 5.76 Å². The van der Waals surface area contributed by atoms with Gasteiger partial charge in [0.05, 0.1) is 25.4 Å². The molecule has 1 atom stereocenters. The summed E-state index contributed by atoms with van der Waals surface area (Å²) in [4.78, 5) is 43.5. The van der Waals surface area contributed by atoms with E-state index < -0.39 is 11.7 Å². The van der Waals surface area contributed by atoms with Crippen LogP contribution in [0, 0.1) is 5.92 Å². The number of morpholine rings is 1. The van der Waals surface area contributed by atoms with Gasteiger partial charge in [-0.25, -0.2) is 0 Å². The molecule has 3 aliphatic heterocycles. The molecule has 0 spiro atoms. The molecule has 29 heavy (non-hydrogen) atoms. The number of likely N-dealkylation sites (tertiary alicyclic amines) is 2. The van der Waals surface area contributed by atoms with Crippen molar-refractivity contribution in [2.45, 2.75) is 31.7 Å². The van der Waals surface area contributed by atoms with Crippen LogP contribution >= 0.6 is 0 Å². The van der Waals surface area contributed by atoms with E-state index >= 15 is 0 Å². The molecular weight excluding hydrogens is 374 g/mol. The first kappa shape index (κ1) is 20.1. The Morgan fingerprint density at radius 1 is 0.931 bits per heavy atom. The summed E-state index contributed by atoms with van der Waals surface area (Å²) in [5.41, 5.74) is 0. The van der Waals surface area contributed by atoms with Crippen molar-refractivity contribution < 1.29 is 23.5 Å². The molecule has 8 heteroatoms. The minimum Gasteiger partial charge on any atom is -0.461 e. The summed E-state index contributed by atoms with van der Waals surface area (Å²) in [5, 5.41) is 0. The van der Waals surface area contributed by atoms with Crippen LogP contribution in [0.5, 0.6) is 0 Å². The lowest BCUT2D eigenvalue weighted by Crippen LogP contribution is -2.53. The lowest BCUT2D eigenvalue weighted by atomic mass is 9.92. The number of carbonyl (C=O) groups excluding carboxylic acids is 3. The van der Waals surface area contributed by atoms with Crippen molar-refractivity contribution in [3.8, 4) is 0 Å². The molecule has 158 valence electrons. The van der Waals surface area contributed by atoms with Crippen molar-refractivity contribution in [1.82, 2.24) is 14.7 Å². The number of hydrogen-bond donors (Lipinski definition) is 0. The van der Waals surface area contributed by atoms with Crippen molar-refractivity contribution in [2.75, 3.05) is 52.5 Å². The van der Waals surface area contributed by atoms with E-state index in [9.17, 15) is 14.4 Å². The van der Waals surface area contributed by atoms with Gasteiger partial charge >= 0.3 is 0 Å². The Hall–Kier alpha value is -2.19. The average molecular weight is 403 g/mol. The van der Waals surface area contributed by atoms with Crippen molar-refractivity contribution in [1.29, 1.82) is 0 Å². The Morgan fingerprint density at radius 3 is 2.38 bits per heavy atom. The fourth-order valence-corrected chi connectivity index (χ4v) is 4.67. The van der Waals surface area contributed by atoms with Crippen LogP contribution in [0.4, 0.5) is 0 Å². The van der Waals surface area contributed by atoms with Gasteiger partial charge in [0, 0.05) is 38.8 Å². The molecule has 0 aliphatic carbocycles. The molecule has 3 saturated heterocycles. The first-order chi connectivity index (χ1) is 14.1. The summed E-state index contributed by atoms with van der Waals surface area (Å²) in [6, 6.07) is 3.49. The molecule has 1 aromatic heterocycles. The van der Waals surface area contributed by atoms with Gasteiger partial charge in [0.1, 0.15) is 0 Å². The van der Waals surface area contributed by atoms with Gasteiger partial charge in [-0.2, -0.15) is 0 Å². The fraction of sp³-hybridized carbons (Fsp3) is 0.667. The molecule has 4 rings (SSSR count). The number of hydrogen-bond acceptors (Lipinski definition) is 6. The van der Waals surface area contributed by atoms with Crippen LogP contribution < -0.4 is 0 Å². The zero-order chi connectivity index (χ0) is 20.2. The Balaban J connectivity index is 1.28. The average Bonchev–Trinajstić information content (AvgIpc) is 3.33. The molecule has 8 nitrogen and oxygen atoms in total. The molecule has 2 amide bonds. The van der Waals surface area contributed by atoms with E-state index in [0.717, 1.165) is 38.8 Å². The van der Waals surface area contributed by atoms with E-state index in [4.69, 9.17) is 9.15 Å². The minimum atomic E-state index is -0.581. The summed E-state index contributed by atoms with van der Waals surface area (Å²) in [6.07, 6.45) is 5.03. The number of Topliss-reactive ketones (excluding diaryl/α,β-unsaturated/α-hetero) is 1. The smallest absolute Gasteiger partial charge is 0.298 e. The number of furan rings is 1. The normalized spacial score (nSPS) is 24.5. The van der Waals surface area contributed by atoms with Crippen LogP contribution in [-0.4, -0.2) is 90.8 Å². The van der Waals surface area contributed by atoms with Crippen LogP contribution in [0.15, 0.2) is 22.8 Å². The summed E-state index contributed by atoms with van der Waals surface area (Å²) in [5.74, 6) is -0.658. The van der Waals surface area contributed by atoms with Crippen molar-refractivity contribution in [2.24, 2.45) is 5.92 Å². The maximum atomic E-state index is 12.9. The van der Waals surface area contributed by atoms with Gasteiger partial charge in [0.2, 0.25) is 5.91 Å². The number of carbonyl (C=O) groups is 3. The zero-order valence-electron chi connectivity index (χ0n) is 16.8. The highest BCUT2D eigenvalue weighted by molar-refractivity contribution is 6.41. The predicted molar refractivity (Wildman–Crippen MR) is 104 cm³/mol. The Kier molecular flexibility index (Phi) is 6.30. The van der Waals surface area contributed by atoms with Crippen LogP contribution in [0.25, 0.3) is 0 Å². The molecule has 0 N–H and O–H groups in total. The summed E-state index contributed by atoms with van der Waals surface area (Å²) < 4.78 is 10.4. The third kappa shape index (κ3) is 4.53. The summed E-state index contributed by atoms with van der Waals surface area (Å²) >= 11 is 0. The highest BCUT2D eigenvalue weighted by atomic mass is 16.5. The topological polar surface area (TPSA) is 83.3 Å². The fourth-order valence-electron chi connectivity index (χ4n) is 4.67. The third-order valence-corrected chi connectivity index (χ3v) is 6.33. The SMILES string of the molecule is O=C(C(=O)N1CCC(N2CCC[C@@H](C(=O)N3CCOCC3)C2)CC1)c1ccco1. The molecule has 0 unspecified atom stereocenters. The van der Waals surface area contributed by atoms with Crippen LogP contribution in [-0.2, 0) is 14.3 Å². The summed E-state index contributed by atoms with van der Waals surface area (Å²) in [7, 11) is 0. The Bertz CT molecular complexity index is 721. The maximum absolute atomic E-state index is 12.9. The second-order valence-electron chi connectivity index (χ2n) is 8.10. The lowest BCUT2D eigenvalue weighted by molar-refractivity contribution is -0.142. The second-order valence-corrected chi connectivity index (χ2v) is 8.10. The second kappa shape index (κ2) is 9.09. The Morgan fingerprint density at radius 2 is 1.69 bits per heavy atom. The molecule has 4 heterocycles. The third-order valence-electron chi connectivity index (χ3n) is 6.33. The van der Waals surface area contributed by atoms with E-state index in [2.05, 4.69) is 4.90 Å². The van der Waals surface area contributed by atoms with Gasteiger partial charge in [-0.1, -0.05) is 0 Å². The van der Waals surface area contributed by atoms with Crippen molar-refractivity contribution in [3.05, 3.63) is 24.2 Å². The van der Waals surface area contributed by atoms with Gasteiger partial charge in [0.25, 0.3) is 11.7 Å². The highest BCUT2D eigenvalue weighted by Crippen LogP contribution is 2.25. The number of amides is 2. The standard InChI is InChI=1S/C21H29N3O5/c25-19(18-4-2-12-29-18)21(27)22-8-5-17(6-9-22)24-7-1-3-16(15-24)20(26)23-10-13-28-14-11-23/h2,4,12,16-17H,1,3,5-11,13-15H2/t16-/m1/s1. The minimum absolute atomic E-state index is 0.0574. The van der Waals surface area contributed by atoms with Crippen LogP contribution in [0.2, 0.25) is 0 Å². The molecule has 0 saturated carbocycles. The first-order valence-electron chi connectivity index (χ1n) is 10.6. The largest absolute Gasteiger partial charge is 0.461 e. The first-order valence-corrected chi connectivity index (χ1v) is 10.6. The van der Waals surface area contributed by atoms with E-state index in [-0.39, 0.29) is 17.6 Å². The van der Waals surface area contributed by atoms with Gasteiger partial charge in [-0.05, 0) is 44.4 Å². The van der Waals surface area contributed by atoms with Crippen molar-refractivity contribution >= 4 is 17.6 Å². The number of piperidine rings is 2.